The number of thiazole rings is 1. The first-order chi connectivity index (χ1) is 14.5. The normalized spacial score (nSPS) is 10.4. The number of rotatable bonds is 7. The molecule has 0 aliphatic rings. The Balaban J connectivity index is 1.68. The molecule has 0 atom stereocenters. The Morgan fingerprint density at radius 3 is 2.30 bits per heavy atom. The van der Waals surface area contributed by atoms with Crippen LogP contribution in [0.2, 0.25) is 0 Å². The zero-order chi connectivity index (χ0) is 21.5. The Labute approximate surface area is 179 Å². The Morgan fingerprint density at radius 2 is 1.60 bits per heavy atom. The molecule has 2 amide bonds. The van der Waals surface area contributed by atoms with Crippen LogP contribution in [-0.4, -0.2) is 30.0 Å². The van der Waals surface area contributed by atoms with Gasteiger partial charge in [-0.3, -0.25) is 20.4 Å². The van der Waals surface area contributed by atoms with Gasteiger partial charge in [0.25, 0.3) is 11.8 Å². The molecule has 0 fully saturated rings. The van der Waals surface area contributed by atoms with E-state index < -0.39 is 11.8 Å². The van der Waals surface area contributed by atoms with E-state index >= 15 is 0 Å². The van der Waals surface area contributed by atoms with E-state index in [0.29, 0.717) is 40.8 Å². The summed E-state index contributed by atoms with van der Waals surface area (Å²) < 4.78 is 11.0. The van der Waals surface area contributed by atoms with E-state index in [1.807, 2.05) is 44.2 Å². The van der Waals surface area contributed by atoms with Crippen LogP contribution in [0.25, 0.3) is 10.6 Å². The molecule has 156 valence electrons. The Kier molecular flexibility index (Phi) is 7.03. The van der Waals surface area contributed by atoms with Gasteiger partial charge in [-0.15, -0.1) is 11.3 Å². The van der Waals surface area contributed by atoms with Crippen molar-refractivity contribution < 1.29 is 19.1 Å². The number of hydrogen-bond donors (Lipinski definition) is 2. The van der Waals surface area contributed by atoms with E-state index in [4.69, 9.17) is 9.47 Å². The molecular formula is C22H23N3O4S. The molecule has 1 heterocycles. The third-order valence-corrected chi connectivity index (χ3v) is 5.32. The molecule has 0 unspecified atom stereocenters. The van der Waals surface area contributed by atoms with E-state index in [1.54, 1.807) is 25.1 Å². The predicted molar refractivity (Wildman–Crippen MR) is 116 cm³/mol. The van der Waals surface area contributed by atoms with Gasteiger partial charge in [-0.1, -0.05) is 30.3 Å². The van der Waals surface area contributed by atoms with Crippen molar-refractivity contribution in [1.29, 1.82) is 0 Å². The lowest BCUT2D eigenvalue weighted by atomic mass is 10.2. The van der Waals surface area contributed by atoms with E-state index in [0.717, 1.165) is 10.6 Å². The van der Waals surface area contributed by atoms with Crippen LogP contribution in [0, 0.1) is 6.92 Å². The van der Waals surface area contributed by atoms with Crippen LogP contribution in [0.1, 0.15) is 39.6 Å². The minimum Gasteiger partial charge on any atom is -0.490 e. The van der Waals surface area contributed by atoms with Crippen molar-refractivity contribution >= 4 is 23.2 Å². The molecule has 2 aromatic carbocycles. The number of amides is 2. The highest BCUT2D eigenvalue weighted by Gasteiger charge is 2.18. The summed E-state index contributed by atoms with van der Waals surface area (Å²) >= 11 is 1.27. The zero-order valence-electron chi connectivity index (χ0n) is 17.0. The van der Waals surface area contributed by atoms with E-state index in [1.165, 1.54) is 11.3 Å². The monoisotopic (exact) mass is 425 g/mol. The van der Waals surface area contributed by atoms with Crippen LogP contribution in [0.15, 0.2) is 48.5 Å². The summed E-state index contributed by atoms with van der Waals surface area (Å²) in [5, 5.41) is 0.748. The molecule has 0 saturated heterocycles. The summed E-state index contributed by atoms with van der Waals surface area (Å²) in [5.74, 6) is 0.159. The largest absolute Gasteiger partial charge is 0.490 e. The van der Waals surface area contributed by atoms with Crippen LogP contribution in [0.5, 0.6) is 11.5 Å². The molecule has 0 bridgehead atoms. The Hall–Kier alpha value is -3.39. The summed E-state index contributed by atoms with van der Waals surface area (Å²) in [6, 6.07) is 14.5. The summed E-state index contributed by atoms with van der Waals surface area (Å²) in [6.45, 7) is 6.41. The van der Waals surface area contributed by atoms with Crippen LogP contribution in [0.3, 0.4) is 0 Å². The average molecular weight is 426 g/mol. The van der Waals surface area contributed by atoms with Crippen LogP contribution in [-0.2, 0) is 0 Å². The summed E-state index contributed by atoms with van der Waals surface area (Å²) in [7, 11) is 0. The maximum Gasteiger partial charge on any atom is 0.281 e. The molecule has 0 aliphatic carbocycles. The van der Waals surface area contributed by atoms with Crippen molar-refractivity contribution in [2.24, 2.45) is 0 Å². The van der Waals surface area contributed by atoms with Gasteiger partial charge < -0.3 is 9.47 Å². The quantitative estimate of drug-likeness (QED) is 0.559. The average Bonchev–Trinajstić information content (AvgIpc) is 3.15. The van der Waals surface area contributed by atoms with Crippen LogP contribution in [0.4, 0.5) is 0 Å². The molecule has 30 heavy (non-hydrogen) atoms. The number of ether oxygens (including phenoxy) is 2. The molecule has 1 aromatic heterocycles. The molecule has 0 radical (unpaired) electrons. The van der Waals surface area contributed by atoms with Gasteiger partial charge in [0.2, 0.25) is 0 Å². The van der Waals surface area contributed by atoms with Gasteiger partial charge in [-0.05, 0) is 39.0 Å². The number of hydrazine groups is 1. The molecule has 8 heteroatoms. The minimum absolute atomic E-state index is 0.341. The highest BCUT2D eigenvalue weighted by molar-refractivity contribution is 7.17. The van der Waals surface area contributed by atoms with E-state index in [-0.39, 0.29) is 0 Å². The van der Waals surface area contributed by atoms with E-state index in [9.17, 15) is 9.59 Å². The summed E-state index contributed by atoms with van der Waals surface area (Å²) in [4.78, 5) is 29.9. The molecule has 2 N–H and O–H groups in total. The fraction of sp³-hybridized carbons (Fsp3) is 0.227. The second-order valence-electron chi connectivity index (χ2n) is 6.24. The minimum atomic E-state index is -0.460. The maximum atomic E-state index is 12.6. The summed E-state index contributed by atoms with van der Waals surface area (Å²) in [6.07, 6.45) is 0. The smallest absolute Gasteiger partial charge is 0.281 e. The number of nitrogens with zero attached hydrogens (tertiary/aromatic N) is 1. The third kappa shape index (κ3) is 4.96. The molecule has 7 nitrogen and oxygen atoms in total. The lowest BCUT2D eigenvalue weighted by Gasteiger charge is -2.12. The Morgan fingerprint density at radius 1 is 0.933 bits per heavy atom. The van der Waals surface area contributed by atoms with Crippen LogP contribution >= 0.6 is 11.3 Å². The first kappa shape index (κ1) is 21.3. The molecular weight excluding hydrogens is 402 g/mol. The molecule has 3 rings (SSSR count). The van der Waals surface area contributed by atoms with Crippen LogP contribution < -0.4 is 20.3 Å². The molecule has 0 spiro atoms. The predicted octanol–water partition coefficient (Wildman–Crippen LogP) is 3.99. The standard InChI is InChI=1S/C22H23N3O4S/c1-4-28-17-12-11-16(13-18(17)29-5-2)20(26)24-25-21(27)19-14(3)23-22(30-19)15-9-7-6-8-10-15/h6-13H,4-5H2,1-3H3,(H,24,26)(H,25,27). The lowest BCUT2D eigenvalue weighted by Crippen LogP contribution is -2.41. The molecule has 0 saturated carbocycles. The molecule has 3 aromatic rings. The first-order valence-corrected chi connectivity index (χ1v) is 10.4. The fourth-order valence-electron chi connectivity index (χ4n) is 2.75. The van der Waals surface area contributed by atoms with Gasteiger partial charge in [0.15, 0.2) is 11.5 Å². The first-order valence-electron chi connectivity index (χ1n) is 9.56. The second kappa shape index (κ2) is 9.89. The van der Waals surface area contributed by atoms with Crippen molar-refractivity contribution in [3.8, 4) is 22.1 Å². The van der Waals surface area contributed by atoms with Crippen molar-refractivity contribution in [3.63, 3.8) is 0 Å². The van der Waals surface area contributed by atoms with Gasteiger partial charge in [0, 0.05) is 11.1 Å². The zero-order valence-corrected chi connectivity index (χ0v) is 17.8. The summed E-state index contributed by atoms with van der Waals surface area (Å²) in [5.41, 5.74) is 6.77. The van der Waals surface area contributed by atoms with Gasteiger partial charge >= 0.3 is 0 Å². The maximum absolute atomic E-state index is 12.6. The van der Waals surface area contributed by atoms with Crippen molar-refractivity contribution in [2.45, 2.75) is 20.8 Å². The van der Waals surface area contributed by atoms with Crippen molar-refractivity contribution in [2.75, 3.05) is 13.2 Å². The van der Waals surface area contributed by atoms with Gasteiger partial charge in [0.1, 0.15) is 9.88 Å². The number of carbonyl (C=O) groups excluding carboxylic acids is 2. The highest BCUT2D eigenvalue weighted by Crippen LogP contribution is 2.29. The second-order valence-corrected chi connectivity index (χ2v) is 7.23. The van der Waals surface area contributed by atoms with Gasteiger partial charge in [-0.25, -0.2) is 4.98 Å². The van der Waals surface area contributed by atoms with Crippen molar-refractivity contribution in [1.82, 2.24) is 15.8 Å². The molecule has 0 aliphatic heterocycles. The number of hydrogen-bond acceptors (Lipinski definition) is 6. The number of benzene rings is 2. The highest BCUT2D eigenvalue weighted by atomic mass is 32.1. The lowest BCUT2D eigenvalue weighted by molar-refractivity contribution is 0.0848. The van der Waals surface area contributed by atoms with Crippen molar-refractivity contribution in [3.05, 3.63) is 64.7 Å². The Bertz CT molecular complexity index is 1030. The van der Waals surface area contributed by atoms with Gasteiger partial charge in [-0.2, -0.15) is 0 Å². The number of aromatic nitrogens is 1. The number of carbonyl (C=O) groups is 2. The van der Waals surface area contributed by atoms with Gasteiger partial charge in [0.05, 0.1) is 18.9 Å². The fourth-order valence-corrected chi connectivity index (χ4v) is 3.71. The number of nitrogens with one attached hydrogen (secondary N) is 2. The number of aryl methyl sites for hydroxylation is 1. The SMILES string of the molecule is CCOc1ccc(C(=O)NNC(=O)c2sc(-c3ccccc3)nc2C)cc1OCC. The van der Waals surface area contributed by atoms with E-state index in [2.05, 4.69) is 15.8 Å². The topological polar surface area (TPSA) is 89.6 Å². The third-order valence-electron chi connectivity index (χ3n) is 4.12.